The molecule has 1 N–H and O–H groups in total. The fraction of sp³-hybridized carbons (Fsp3) is 0.588. The average molecular weight is 341 g/mol. The number of alkyl halides is 3. The minimum absolute atomic E-state index is 0.277. The van der Waals surface area contributed by atoms with Crippen LogP contribution in [0.3, 0.4) is 0 Å². The molecule has 1 aliphatic carbocycles. The number of fused-ring (bicyclic) bond motifs is 1. The maximum absolute atomic E-state index is 13.0. The van der Waals surface area contributed by atoms with Gasteiger partial charge >= 0.3 is 6.18 Å². The van der Waals surface area contributed by atoms with Gasteiger partial charge < -0.3 is 10.1 Å². The van der Waals surface area contributed by atoms with E-state index in [-0.39, 0.29) is 6.04 Å². The molecule has 4 nitrogen and oxygen atoms in total. The lowest BCUT2D eigenvalue weighted by Gasteiger charge is -2.11. The van der Waals surface area contributed by atoms with E-state index in [9.17, 15) is 13.2 Å². The fourth-order valence-corrected chi connectivity index (χ4v) is 3.30. The molecule has 1 heterocycles. The van der Waals surface area contributed by atoms with Gasteiger partial charge in [0.2, 0.25) is 0 Å². The van der Waals surface area contributed by atoms with Gasteiger partial charge in [0.1, 0.15) is 0 Å². The highest BCUT2D eigenvalue weighted by Crippen LogP contribution is 2.37. The number of nitrogens with one attached hydrogen (secondary N) is 1. The fourth-order valence-electron chi connectivity index (χ4n) is 3.30. The van der Waals surface area contributed by atoms with Crippen LogP contribution in [0.2, 0.25) is 0 Å². The van der Waals surface area contributed by atoms with Crippen molar-refractivity contribution in [3.05, 3.63) is 23.8 Å². The van der Waals surface area contributed by atoms with Crippen molar-refractivity contribution < 1.29 is 17.9 Å². The van der Waals surface area contributed by atoms with Gasteiger partial charge in [-0.25, -0.2) is 0 Å². The first kappa shape index (κ1) is 17.1. The van der Waals surface area contributed by atoms with Crippen LogP contribution >= 0.6 is 0 Å². The number of methoxy groups -OCH3 is 1. The highest BCUT2D eigenvalue weighted by atomic mass is 19.4. The van der Waals surface area contributed by atoms with E-state index in [0.29, 0.717) is 24.4 Å². The van der Waals surface area contributed by atoms with E-state index in [1.165, 1.54) is 6.07 Å². The lowest BCUT2D eigenvalue weighted by atomic mass is 10.1. The zero-order valence-corrected chi connectivity index (χ0v) is 13.7. The Morgan fingerprint density at radius 3 is 2.71 bits per heavy atom. The van der Waals surface area contributed by atoms with E-state index in [2.05, 4.69) is 10.4 Å². The average Bonchev–Trinajstić information content (AvgIpc) is 3.18. The number of aromatic nitrogens is 2. The second kappa shape index (κ2) is 7.01. The van der Waals surface area contributed by atoms with Crippen molar-refractivity contribution >= 4 is 16.7 Å². The zero-order chi connectivity index (χ0) is 17.2. The number of halogens is 3. The van der Waals surface area contributed by atoms with Gasteiger partial charge in [0.05, 0.1) is 17.1 Å². The van der Waals surface area contributed by atoms with E-state index in [0.717, 1.165) is 43.7 Å². The molecule has 1 saturated carbocycles. The Hall–Kier alpha value is -1.76. The molecule has 0 bridgehead atoms. The molecule has 0 atom stereocenters. The van der Waals surface area contributed by atoms with E-state index in [1.807, 2.05) is 4.68 Å². The molecule has 1 aromatic carbocycles. The van der Waals surface area contributed by atoms with Gasteiger partial charge in [0, 0.05) is 25.6 Å². The molecule has 24 heavy (non-hydrogen) atoms. The van der Waals surface area contributed by atoms with Crippen molar-refractivity contribution in [2.45, 2.75) is 44.3 Å². The van der Waals surface area contributed by atoms with Gasteiger partial charge in [-0.15, -0.1) is 0 Å². The molecule has 2 aromatic rings. The molecule has 1 aliphatic rings. The minimum atomic E-state index is -4.35. The molecule has 1 fully saturated rings. The van der Waals surface area contributed by atoms with E-state index in [4.69, 9.17) is 4.74 Å². The molecule has 3 rings (SSSR count). The van der Waals surface area contributed by atoms with Crippen LogP contribution in [0.5, 0.6) is 0 Å². The molecule has 132 valence electrons. The number of benzene rings is 1. The lowest BCUT2D eigenvalue weighted by molar-refractivity contribution is -0.137. The van der Waals surface area contributed by atoms with Crippen molar-refractivity contribution in [1.82, 2.24) is 9.78 Å². The highest BCUT2D eigenvalue weighted by Gasteiger charge is 2.31. The summed E-state index contributed by atoms with van der Waals surface area (Å²) in [6, 6.07) is 4.17. The summed E-state index contributed by atoms with van der Waals surface area (Å²) in [5.74, 6) is 0.527. The number of ether oxygens (including phenoxy) is 1. The standard InChI is InChI=1S/C17H22F3N3O/c1-24-10-4-9-21-16-14-11-12(17(18,19)20)7-8-15(14)23(22-16)13-5-2-3-6-13/h7-8,11,13H,2-6,9-10H2,1H3,(H,21,22). The summed E-state index contributed by atoms with van der Waals surface area (Å²) >= 11 is 0. The Labute approximate surface area is 139 Å². The Bertz CT molecular complexity index is 690. The first-order valence-corrected chi connectivity index (χ1v) is 8.33. The largest absolute Gasteiger partial charge is 0.416 e. The topological polar surface area (TPSA) is 39.1 Å². The molecule has 0 spiro atoms. The normalized spacial score (nSPS) is 16.2. The highest BCUT2D eigenvalue weighted by molar-refractivity contribution is 5.91. The molecular formula is C17H22F3N3O. The number of anilines is 1. The third kappa shape index (κ3) is 3.50. The van der Waals surface area contributed by atoms with Gasteiger partial charge in [0.15, 0.2) is 5.82 Å². The summed E-state index contributed by atoms with van der Waals surface area (Å²) in [4.78, 5) is 0. The van der Waals surface area contributed by atoms with Crippen LogP contribution in [0.15, 0.2) is 18.2 Å². The van der Waals surface area contributed by atoms with Gasteiger partial charge in [0.25, 0.3) is 0 Å². The Morgan fingerprint density at radius 2 is 2.04 bits per heavy atom. The van der Waals surface area contributed by atoms with Crippen LogP contribution < -0.4 is 5.32 Å². The predicted molar refractivity (Wildman–Crippen MR) is 87.2 cm³/mol. The second-order valence-electron chi connectivity index (χ2n) is 6.23. The molecule has 0 radical (unpaired) electrons. The smallest absolute Gasteiger partial charge is 0.385 e. The van der Waals surface area contributed by atoms with Gasteiger partial charge in [-0.05, 0) is 37.5 Å². The van der Waals surface area contributed by atoms with E-state index >= 15 is 0 Å². The van der Waals surface area contributed by atoms with Crippen LogP contribution in [0.4, 0.5) is 19.0 Å². The van der Waals surface area contributed by atoms with Crippen molar-refractivity contribution in [2.24, 2.45) is 0 Å². The van der Waals surface area contributed by atoms with Crippen LogP contribution in [-0.4, -0.2) is 30.0 Å². The van der Waals surface area contributed by atoms with E-state index < -0.39 is 11.7 Å². The lowest BCUT2D eigenvalue weighted by Crippen LogP contribution is -2.08. The van der Waals surface area contributed by atoms with Crippen molar-refractivity contribution in [3.63, 3.8) is 0 Å². The first-order chi connectivity index (χ1) is 11.5. The maximum Gasteiger partial charge on any atom is 0.416 e. The number of hydrogen-bond acceptors (Lipinski definition) is 3. The monoisotopic (exact) mass is 341 g/mol. The van der Waals surface area contributed by atoms with E-state index in [1.54, 1.807) is 13.2 Å². The van der Waals surface area contributed by atoms with Crippen LogP contribution in [0.25, 0.3) is 10.9 Å². The summed E-state index contributed by atoms with van der Waals surface area (Å²) in [6.45, 7) is 1.21. The minimum Gasteiger partial charge on any atom is -0.385 e. The summed E-state index contributed by atoms with van der Waals surface area (Å²) in [7, 11) is 1.62. The Morgan fingerprint density at radius 1 is 1.29 bits per heavy atom. The van der Waals surface area contributed by atoms with Crippen molar-refractivity contribution in [1.29, 1.82) is 0 Å². The molecular weight excluding hydrogens is 319 g/mol. The Kier molecular flexibility index (Phi) is 4.99. The summed E-state index contributed by atoms with van der Waals surface area (Å²) in [5.41, 5.74) is 0.130. The third-order valence-electron chi connectivity index (χ3n) is 4.52. The predicted octanol–water partition coefficient (Wildman–Crippen LogP) is 4.62. The summed E-state index contributed by atoms with van der Waals surface area (Å²) in [6.07, 6.45) is 0.762. The number of hydrogen-bond donors (Lipinski definition) is 1. The zero-order valence-electron chi connectivity index (χ0n) is 13.7. The van der Waals surface area contributed by atoms with Crippen LogP contribution in [0.1, 0.15) is 43.7 Å². The molecule has 0 amide bonds. The molecule has 7 heteroatoms. The molecule has 0 saturated heterocycles. The third-order valence-corrected chi connectivity index (χ3v) is 4.52. The SMILES string of the molecule is COCCCNc1nn(C2CCCC2)c2ccc(C(F)(F)F)cc12. The maximum atomic E-state index is 13.0. The first-order valence-electron chi connectivity index (χ1n) is 8.33. The number of nitrogens with zero attached hydrogens (tertiary/aromatic N) is 2. The summed E-state index contributed by atoms with van der Waals surface area (Å²) in [5, 5.41) is 8.29. The van der Waals surface area contributed by atoms with Crippen molar-refractivity contribution in [3.8, 4) is 0 Å². The Balaban J connectivity index is 1.96. The second-order valence-corrected chi connectivity index (χ2v) is 6.23. The van der Waals surface area contributed by atoms with Crippen molar-refractivity contribution in [2.75, 3.05) is 25.6 Å². The molecule has 1 aromatic heterocycles. The summed E-state index contributed by atoms with van der Waals surface area (Å²) < 4.78 is 46.0. The van der Waals surface area contributed by atoms with Crippen LogP contribution in [-0.2, 0) is 10.9 Å². The number of rotatable bonds is 6. The van der Waals surface area contributed by atoms with Gasteiger partial charge in [-0.2, -0.15) is 18.3 Å². The quantitative estimate of drug-likeness (QED) is 0.779. The van der Waals surface area contributed by atoms with Gasteiger partial charge in [-0.3, -0.25) is 4.68 Å². The molecule has 0 unspecified atom stereocenters. The molecule has 0 aliphatic heterocycles. The van der Waals surface area contributed by atoms with Crippen LogP contribution in [0, 0.1) is 0 Å². The van der Waals surface area contributed by atoms with Gasteiger partial charge in [-0.1, -0.05) is 12.8 Å².